The molecule has 1 atom stereocenters. The fourth-order valence-corrected chi connectivity index (χ4v) is 8.27. The number of methoxy groups -OCH3 is 3. The predicted octanol–water partition coefficient (Wildman–Crippen LogP) is 11.1. The van der Waals surface area contributed by atoms with Gasteiger partial charge in [0.15, 0.2) is 11.6 Å². The molecule has 1 unspecified atom stereocenters. The maximum Gasteiger partial charge on any atom is 0.418 e. The van der Waals surface area contributed by atoms with E-state index in [0.717, 1.165) is 22.4 Å². The van der Waals surface area contributed by atoms with E-state index in [4.69, 9.17) is 42.1 Å². The Labute approximate surface area is 382 Å². The third-order valence-corrected chi connectivity index (χ3v) is 11.6. The molecule has 6 aromatic rings. The molecule has 0 saturated heterocycles. The van der Waals surface area contributed by atoms with Crippen molar-refractivity contribution in [3.05, 3.63) is 153 Å². The number of aryl methyl sites for hydroxylation is 1. The number of ether oxygens (including phenoxy) is 4. The highest BCUT2D eigenvalue weighted by atomic mass is 35.5. The maximum absolute atomic E-state index is 17.6. The molecule has 2 aliphatic heterocycles. The summed E-state index contributed by atoms with van der Waals surface area (Å²) in [5.41, 5.74) is 0.422. The number of hydrogen-bond acceptors (Lipinski definition) is 12. The first-order valence-corrected chi connectivity index (χ1v) is 21.0. The maximum atomic E-state index is 17.6. The second-order valence-electron chi connectivity index (χ2n) is 15.1. The van der Waals surface area contributed by atoms with Gasteiger partial charge in [0.1, 0.15) is 47.1 Å². The fraction of sp³-hybridized carbons (Fsp3) is 0.234. The summed E-state index contributed by atoms with van der Waals surface area (Å²) in [6, 6.07) is 22.7. The number of pyridine rings is 1. The summed E-state index contributed by atoms with van der Waals surface area (Å²) in [5.74, 6) is 1.02. The number of alkyl halides is 3. The second-order valence-corrected chi connectivity index (χ2v) is 15.8. The van der Waals surface area contributed by atoms with Gasteiger partial charge in [-0.1, -0.05) is 48.0 Å². The molecule has 0 aliphatic carbocycles. The summed E-state index contributed by atoms with van der Waals surface area (Å²) in [5, 5.41) is 5.72. The van der Waals surface area contributed by atoms with Crippen LogP contribution in [0.1, 0.15) is 52.0 Å². The SMILES string of the molecule is COc1ccc(CNc2nccnc2C(C)N2C=C(Cl)Oc3c(F)c(-c4nc(N(Cc5ccc(OC)cc5)Cc5ccc(OC)cc5)cc(C)c4C(F)(F)F)c(Cl)c4c3C2=NCN4)cc1. The van der Waals surface area contributed by atoms with Crippen LogP contribution in [0, 0.1) is 12.7 Å². The van der Waals surface area contributed by atoms with E-state index < -0.39 is 40.6 Å². The summed E-state index contributed by atoms with van der Waals surface area (Å²) in [4.78, 5) is 21.9. The molecule has 336 valence electrons. The highest BCUT2D eigenvalue weighted by Gasteiger charge is 2.42. The van der Waals surface area contributed by atoms with Crippen LogP contribution < -0.4 is 34.5 Å². The first kappa shape index (κ1) is 44.8. The monoisotopic (exact) mass is 928 g/mol. The van der Waals surface area contributed by atoms with Crippen molar-refractivity contribution in [2.75, 3.05) is 43.5 Å². The molecule has 4 heterocycles. The van der Waals surface area contributed by atoms with Crippen LogP contribution >= 0.6 is 23.2 Å². The van der Waals surface area contributed by atoms with Gasteiger partial charge in [0.2, 0.25) is 5.22 Å². The van der Waals surface area contributed by atoms with E-state index in [2.05, 4.69) is 30.6 Å². The zero-order valence-electron chi connectivity index (χ0n) is 35.7. The molecule has 0 saturated carbocycles. The Morgan fingerprint density at radius 3 is 1.98 bits per heavy atom. The molecule has 0 radical (unpaired) electrons. The average Bonchev–Trinajstić information content (AvgIpc) is 3.46. The van der Waals surface area contributed by atoms with Gasteiger partial charge in [-0.15, -0.1) is 0 Å². The van der Waals surface area contributed by atoms with E-state index in [1.54, 1.807) is 61.6 Å². The van der Waals surface area contributed by atoms with E-state index in [1.165, 1.54) is 25.4 Å². The number of amidine groups is 1. The lowest BCUT2D eigenvalue weighted by Gasteiger charge is -2.32. The minimum atomic E-state index is -4.98. The Balaban J connectivity index is 1.22. The van der Waals surface area contributed by atoms with Gasteiger partial charge in [-0.2, -0.15) is 13.2 Å². The Kier molecular flexibility index (Phi) is 12.9. The van der Waals surface area contributed by atoms with Gasteiger partial charge in [0.05, 0.1) is 66.7 Å². The minimum Gasteiger partial charge on any atom is -0.497 e. The Bertz CT molecular complexity index is 2730. The van der Waals surface area contributed by atoms with Gasteiger partial charge in [-0.25, -0.2) is 19.4 Å². The van der Waals surface area contributed by atoms with Crippen molar-refractivity contribution in [2.45, 2.75) is 45.7 Å². The lowest BCUT2D eigenvalue weighted by Crippen LogP contribution is -2.33. The van der Waals surface area contributed by atoms with E-state index in [0.29, 0.717) is 29.6 Å². The zero-order chi connectivity index (χ0) is 46.0. The van der Waals surface area contributed by atoms with Gasteiger partial charge >= 0.3 is 6.18 Å². The highest BCUT2D eigenvalue weighted by Crippen LogP contribution is 2.51. The number of nitrogens with zero attached hydrogens (tertiary/aromatic N) is 6. The number of anilines is 3. The Morgan fingerprint density at radius 1 is 0.846 bits per heavy atom. The van der Waals surface area contributed by atoms with Crippen molar-refractivity contribution in [1.29, 1.82) is 0 Å². The largest absolute Gasteiger partial charge is 0.497 e. The van der Waals surface area contributed by atoms with Crippen molar-refractivity contribution in [2.24, 2.45) is 4.99 Å². The van der Waals surface area contributed by atoms with Gasteiger partial charge in [-0.3, -0.25) is 4.98 Å². The second kappa shape index (κ2) is 18.7. The van der Waals surface area contributed by atoms with Crippen LogP contribution in [0.3, 0.4) is 0 Å². The van der Waals surface area contributed by atoms with E-state index >= 15 is 17.6 Å². The van der Waals surface area contributed by atoms with Crippen LogP contribution in [0.2, 0.25) is 5.02 Å². The molecule has 2 aromatic heterocycles. The van der Waals surface area contributed by atoms with Crippen molar-refractivity contribution in [1.82, 2.24) is 19.9 Å². The lowest BCUT2D eigenvalue weighted by molar-refractivity contribution is -0.137. The molecule has 12 nitrogen and oxygen atoms in total. The number of rotatable bonds is 14. The molecule has 0 amide bonds. The summed E-state index contributed by atoms with van der Waals surface area (Å²) < 4.78 is 85.4. The summed E-state index contributed by atoms with van der Waals surface area (Å²) >= 11 is 13.8. The van der Waals surface area contributed by atoms with Crippen LogP contribution in [-0.4, -0.2) is 53.7 Å². The van der Waals surface area contributed by atoms with E-state index in [-0.39, 0.29) is 58.5 Å². The van der Waals surface area contributed by atoms with Gasteiger partial charge in [0.25, 0.3) is 0 Å². The van der Waals surface area contributed by atoms with Gasteiger partial charge in [0, 0.05) is 32.0 Å². The van der Waals surface area contributed by atoms with Crippen LogP contribution in [0.5, 0.6) is 23.0 Å². The predicted molar refractivity (Wildman–Crippen MR) is 242 cm³/mol. The van der Waals surface area contributed by atoms with Crippen LogP contribution in [0.4, 0.5) is 34.9 Å². The molecule has 2 N–H and O–H groups in total. The first-order valence-electron chi connectivity index (χ1n) is 20.2. The Hall–Kier alpha value is -6.78. The Morgan fingerprint density at radius 2 is 1.42 bits per heavy atom. The summed E-state index contributed by atoms with van der Waals surface area (Å²) in [6.45, 7) is 3.87. The third-order valence-electron chi connectivity index (χ3n) is 11.0. The smallest absolute Gasteiger partial charge is 0.418 e. The number of aromatic nitrogens is 3. The van der Waals surface area contributed by atoms with Crippen molar-refractivity contribution >= 4 is 46.4 Å². The topological polar surface area (TPSA) is 118 Å². The molecular weight excluding hydrogens is 887 g/mol. The van der Waals surface area contributed by atoms with E-state index in [9.17, 15) is 0 Å². The molecule has 65 heavy (non-hydrogen) atoms. The third kappa shape index (κ3) is 9.27. The number of halogens is 6. The highest BCUT2D eigenvalue weighted by molar-refractivity contribution is 6.37. The molecule has 0 fully saturated rings. The average molecular weight is 930 g/mol. The van der Waals surface area contributed by atoms with Crippen LogP contribution in [-0.2, 0) is 25.8 Å². The molecule has 0 bridgehead atoms. The molecule has 18 heteroatoms. The minimum absolute atomic E-state index is 0.0416. The van der Waals surface area contributed by atoms with Crippen LogP contribution in [0.25, 0.3) is 11.3 Å². The summed E-state index contributed by atoms with van der Waals surface area (Å²) in [7, 11) is 4.70. The number of nitrogens with one attached hydrogen (secondary N) is 2. The van der Waals surface area contributed by atoms with Crippen molar-refractivity contribution < 1.29 is 36.5 Å². The molecular formula is C47H42Cl2F4N8O4. The number of benzene rings is 4. The number of hydrogen-bond donors (Lipinski definition) is 2. The van der Waals surface area contributed by atoms with Crippen molar-refractivity contribution in [3.63, 3.8) is 0 Å². The number of aliphatic imine (C=N–C) groups is 1. The fourth-order valence-electron chi connectivity index (χ4n) is 7.75. The van der Waals surface area contributed by atoms with Gasteiger partial charge < -0.3 is 39.4 Å². The van der Waals surface area contributed by atoms with Gasteiger partial charge in [-0.05, 0) is 90.2 Å². The molecule has 0 spiro atoms. The first-order chi connectivity index (χ1) is 31.3. The normalized spacial score (nSPS) is 13.6. The molecule has 4 aromatic carbocycles. The lowest BCUT2D eigenvalue weighted by atomic mass is 9.96. The zero-order valence-corrected chi connectivity index (χ0v) is 37.2. The quantitative estimate of drug-likeness (QED) is 0.102. The summed E-state index contributed by atoms with van der Waals surface area (Å²) in [6.07, 6.45) is -0.491. The van der Waals surface area contributed by atoms with Crippen molar-refractivity contribution in [3.8, 4) is 34.3 Å². The van der Waals surface area contributed by atoms with E-state index in [1.807, 2.05) is 55.5 Å². The molecule has 8 rings (SSSR count). The van der Waals surface area contributed by atoms with Crippen LogP contribution in [0.15, 0.2) is 108 Å². The standard InChI is InChI=1S/C47H42Cl2F4N8O4/c1-26-20-35(60(22-29-8-14-32(63-4)15-9-29)23-30-10-16-33(64-5)17-11-30)59-42(38(26)47(51,52)53)36-39(49)43-37-44(40(36)50)65-34(48)24-61(46(37)58-25-57-43)27(2)41-45(55-19-18-54-41)56-21-28-6-12-31(62-3)13-7-28/h6-20,24,27,57H,21-23,25H2,1-5H3,(H,55,56). The molecule has 2 aliphatic rings.